The molecule has 4 nitrogen and oxygen atoms in total. The lowest BCUT2D eigenvalue weighted by atomic mass is 9.75. The van der Waals surface area contributed by atoms with E-state index in [2.05, 4.69) is 18.9 Å². The Bertz CT molecular complexity index is 436. The van der Waals surface area contributed by atoms with Crippen molar-refractivity contribution in [3.8, 4) is 5.75 Å². The van der Waals surface area contributed by atoms with Crippen molar-refractivity contribution in [1.82, 2.24) is 9.78 Å². The first kappa shape index (κ1) is 15.1. The first-order chi connectivity index (χ1) is 9.58. The van der Waals surface area contributed by atoms with Gasteiger partial charge < -0.3 is 4.74 Å². The van der Waals surface area contributed by atoms with Gasteiger partial charge in [-0.2, -0.15) is 5.10 Å². The molecule has 1 heterocycles. The molecule has 1 aliphatic rings. The summed E-state index contributed by atoms with van der Waals surface area (Å²) in [6.07, 6.45) is 5.98. The van der Waals surface area contributed by atoms with Crippen LogP contribution in [0.1, 0.15) is 56.9 Å². The number of carbonyl (C=O) groups excluding carboxylic acids is 1. The van der Waals surface area contributed by atoms with E-state index in [9.17, 15) is 4.79 Å². The Morgan fingerprint density at radius 2 is 2.05 bits per heavy atom. The van der Waals surface area contributed by atoms with E-state index in [1.165, 1.54) is 0 Å². The number of Topliss-reactive ketones (excluding diaryl/α,β-unsaturated/α-hetero) is 1. The van der Waals surface area contributed by atoms with Crippen LogP contribution in [0.5, 0.6) is 5.75 Å². The molecule has 0 saturated heterocycles. The number of methoxy groups -OCH3 is 1. The fourth-order valence-corrected chi connectivity index (χ4v) is 3.25. The molecular weight excluding hydrogens is 252 g/mol. The van der Waals surface area contributed by atoms with Gasteiger partial charge in [-0.1, -0.05) is 13.8 Å². The maximum Gasteiger partial charge on any atom is 0.187 e. The molecule has 1 aromatic heterocycles. The molecule has 0 atom stereocenters. The highest BCUT2D eigenvalue weighted by Crippen LogP contribution is 2.36. The molecule has 1 saturated carbocycles. The Morgan fingerprint density at radius 1 is 1.40 bits per heavy atom. The topological polar surface area (TPSA) is 44.1 Å². The van der Waals surface area contributed by atoms with Crippen molar-refractivity contribution in [3.05, 3.63) is 11.9 Å². The van der Waals surface area contributed by atoms with E-state index >= 15 is 0 Å². The largest absolute Gasteiger partial charge is 0.493 e. The van der Waals surface area contributed by atoms with Gasteiger partial charge in [0.1, 0.15) is 5.69 Å². The van der Waals surface area contributed by atoms with Crippen LogP contribution < -0.4 is 4.74 Å². The summed E-state index contributed by atoms with van der Waals surface area (Å²) in [5.41, 5.74) is 0.656. The van der Waals surface area contributed by atoms with Gasteiger partial charge in [-0.15, -0.1) is 0 Å². The van der Waals surface area contributed by atoms with Gasteiger partial charge in [0.25, 0.3) is 0 Å². The third-order valence-corrected chi connectivity index (χ3v) is 4.64. The number of nitrogens with zero attached hydrogens (tertiary/aromatic N) is 2. The summed E-state index contributed by atoms with van der Waals surface area (Å²) in [6.45, 7) is 7.26. The standard InChI is InChI=1S/C16H26N2O2/c1-5-18-15(14(20-4)10-17-18)16(19)13-8-6-12(7-9-13)11(2)3/h10-13H,5-9H2,1-4H3. The quantitative estimate of drug-likeness (QED) is 0.774. The molecule has 0 amide bonds. The van der Waals surface area contributed by atoms with Gasteiger partial charge in [-0.3, -0.25) is 9.48 Å². The number of rotatable bonds is 5. The number of hydrogen-bond acceptors (Lipinski definition) is 3. The molecule has 20 heavy (non-hydrogen) atoms. The molecule has 1 fully saturated rings. The Morgan fingerprint density at radius 3 is 2.55 bits per heavy atom. The highest BCUT2D eigenvalue weighted by atomic mass is 16.5. The van der Waals surface area contributed by atoms with Crippen LogP contribution in [0.15, 0.2) is 6.20 Å². The van der Waals surface area contributed by atoms with Gasteiger partial charge in [0.05, 0.1) is 13.3 Å². The second-order valence-corrected chi connectivity index (χ2v) is 6.10. The minimum absolute atomic E-state index is 0.140. The molecular formula is C16H26N2O2. The fourth-order valence-electron chi connectivity index (χ4n) is 3.25. The predicted octanol–water partition coefficient (Wildman–Crippen LogP) is 3.56. The van der Waals surface area contributed by atoms with Crippen molar-refractivity contribution in [2.75, 3.05) is 7.11 Å². The molecule has 0 radical (unpaired) electrons. The molecule has 0 aliphatic heterocycles. The lowest BCUT2D eigenvalue weighted by Crippen LogP contribution is -2.26. The molecule has 0 N–H and O–H groups in total. The first-order valence-corrected chi connectivity index (χ1v) is 7.72. The van der Waals surface area contributed by atoms with Gasteiger partial charge in [-0.25, -0.2) is 0 Å². The zero-order valence-electron chi connectivity index (χ0n) is 13.1. The molecule has 0 spiro atoms. The van der Waals surface area contributed by atoms with E-state index in [4.69, 9.17) is 4.74 Å². The average Bonchev–Trinajstić information content (AvgIpc) is 2.89. The maximum atomic E-state index is 12.8. The molecule has 2 rings (SSSR count). The maximum absolute atomic E-state index is 12.8. The van der Waals surface area contributed by atoms with Crippen LogP contribution in [0.3, 0.4) is 0 Å². The third-order valence-electron chi connectivity index (χ3n) is 4.64. The van der Waals surface area contributed by atoms with E-state index in [1.807, 2.05) is 6.92 Å². The van der Waals surface area contributed by atoms with E-state index in [-0.39, 0.29) is 11.7 Å². The van der Waals surface area contributed by atoms with E-state index in [0.29, 0.717) is 18.0 Å². The van der Waals surface area contributed by atoms with Crippen LogP contribution in [0.2, 0.25) is 0 Å². The monoisotopic (exact) mass is 278 g/mol. The second-order valence-electron chi connectivity index (χ2n) is 6.10. The molecule has 0 aromatic carbocycles. The molecule has 4 heteroatoms. The smallest absolute Gasteiger partial charge is 0.187 e. The number of aromatic nitrogens is 2. The van der Waals surface area contributed by atoms with Crippen LogP contribution in [0.4, 0.5) is 0 Å². The summed E-state index contributed by atoms with van der Waals surface area (Å²) in [6, 6.07) is 0. The Labute approximate surface area is 121 Å². The Hall–Kier alpha value is -1.32. The zero-order chi connectivity index (χ0) is 14.7. The fraction of sp³-hybridized carbons (Fsp3) is 0.750. The van der Waals surface area contributed by atoms with Crippen LogP contribution >= 0.6 is 0 Å². The molecule has 112 valence electrons. The summed E-state index contributed by atoms with van der Waals surface area (Å²) in [5, 5.41) is 4.24. The van der Waals surface area contributed by atoms with Gasteiger partial charge in [0, 0.05) is 12.5 Å². The van der Waals surface area contributed by atoms with Gasteiger partial charge >= 0.3 is 0 Å². The normalized spacial score (nSPS) is 23.1. The first-order valence-electron chi connectivity index (χ1n) is 7.72. The molecule has 1 aliphatic carbocycles. The van der Waals surface area contributed by atoms with Crippen LogP contribution in [0.25, 0.3) is 0 Å². The highest BCUT2D eigenvalue weighted by molar-refractivity contribution is 5.98. The van der Waals surface area contributed by atoms with Crippen molar-refractivity contribution >= 4 is 5.78 Å². The summed E-state index contributed by atoms with van der Waals surface area (Å²) < 4.78 is 7.05. The van der Waals surface area contributed by atoms with Crippen molar-refractivity contribution in [2.24, 2.45) is 17.8 Å². The van der Waals surface area contributed by atoms with Crippen LogP contribution in [0, 0.1) is 17.8 Å². The van der Waals surface area contributed by atoms with Crippen LogP contribution in [-0.4, -0.2) is 22.7 Å². The lowest BCUT2D eigenvalue weighted by Gasteiger charge is -2.30. The molecule has 0 bridgehead atoms. The molecule has 1 aromatic rings. The number of carbonyl (C=O) groups is 1. The van der Waals surface area contributed by atoms with Crippen molar-refractivity contribution < 1.29 is 9.53 Å². The minimum Gasteiger partial charge on any atom is -0.493 e. The van der Waals surface area contributed by atoms with Crippen LogP contribution in [-0.2, 0) is 6.54 Å². The lowest BCUT2D eigenvalue weighted by molar-refractivity contribution is 0.0844. The average molecular weight is 278 g/mol. The highest BCUT2D eigenvalue weighted by Gasteiger charge is 2.31. The van der Waals surface area contributed by atoms with E-state index in [0.717, 1.165) is 37.5 Å². The minimum atomic E-state index is 0.140. The van der Waals surface area contributed by atoms with E-state index in [1.54, 1.807) is 18.0 Å². The summed E-state index contributed by atoms with van der Waals surface area (Å²) in [7, 11) is 1.60. The van der Waals surface area contributed by atoms with Gasteiger partial charge in [0.2, 0.25) is 0 Å². The van der Waals surface area contributed by atoms with E-state index < -0.39 is 0 Å². The van der Waals surface area contributed by atoms with Crippen molar-refractivity contribution in [2.45, 2.75) is 53.0 Å². The second kappa shape index (κ2) is 6.42. The number of ketones is 1. The third kappa shape index (κ3) is 2.89. The SMILES string of the molecule is CCn1ncc(OC)c1C(=O)C1CCC(C(C)C)CC1. The van der Waals surface area contributed by atoms with Crippen molar-refractivity contribution in [1.29, 1.82) is 0 Å². The zero-order valence-corrected chi connectivity index (χ0v) is 13.1. The van der Waals surface area contributed by atoms with Gasteiger partial charge in [0.15, 0.2) is 11.5 Å². The summed E-state index contributed by atoms with van der Waals surface area (Å²) in [4.78, 5) is 12.8. The number of aryl methyl sites for hydroxylation is 1. The van der Waals surface area contributed by atoms with Crippen molar-refractivity contribution in [3.63, 3.8) is 0 Å². The summed E-state index contributed by atoms with van der Waals surface area (Å²) >= 11 is 0. The van der Waals surface area contributed by atoms with Gasteiger partial charge in [-0.05, 0) is 44.4 Å². The summed E-state index contributed by atoms with van der Waals surface area (Å²) in [5.74, 6) is 2.46. The predicted molar refractivity (Wildman–Crippen MR) is 79.1 cm³/mol. The Kier molecular flexibility index (Phi) is 4.84. The Balaban J connectivity index is 2.11. The molecule has 0 unspecified atom stereocenters. The number of hydrogen-bond donors (Lipinski definition) is 0. The number of ether oxygens (including phenoxy) is 1.